The summed E-state index contributed by atoms with van der Waals surface area (Å²) in [4.78, 5) is 0. The minimum atomic E-state index is -3.37. The minimum Gasteiger partial charge on any atom is -0.468 e. The van der Waals surface area contributed by atoms with E-state index in [-0.39, 0.29) is 12.3 Å². The number of benzene rings is 1. The zero-order valence-electron chi connectivity index (χ0n) is 11.3. The van der Waals surface area contributed by atoms with Crippen molar-refractivity contribution in [1.82, 2.24) is 10.0 Å². The van der Waals surface area contributed by atoms with E-state index in [1.165, 1.54) is 6.26 Å². The van der Waals surface area contributed by atoms with E-state index in [4.69, 9.17) is 4.42 Å². The second kappa shape index (κ2) is 6.69. The molecule has 2 N–H and O–H groups in total. The lowest BCUT2D eigenvalue weighted by molar-refractivity contribution is 0.498. The Labute approximate surface area is 119 Å². The van der Waals surface area contributed by atoms with Gasteiger partial charge in [-0.2, -0.15) is 0 Å². The Morgan fingerprint density at radius 3 is 2.60 bits per heavy atom. The first-order valence-corrected chi connectivity index (χ1v) is 7.96. The van der Waals surface area contributed by atoms with E-state index in [0.29, 0.717) is 12.3 Å². The maximum atomic E-state index is 12.0. The zero-order valence-corrected chi connectivity index (χ0v) is 12.1. The molecular weight excluding hydrogens is 276 g/mol. The molecule has 0 aliphatic carbocycles. The Bertz CT molecular complexity index is 636. The number of rotatable bonds is 7. The van der Waals surface area contributed by atoms with Gasteiger partial charge in [0, 0.05) is 6.54 Å². The lowest BCUT2D eigenvalue weighted by Gasteiger charge is -2.07. The van der Waals surface area contributed by atoms with E-state index in [0.717, 1.165) is 11.1 Å². The first kappa shape index (κ1) is 14.8. The Hall–Kier alpha value is -1.63. The fourth-order valence-electron chi connectivity index (χ4n) is 1.90. The quantitative estimate of drug-likeness (QED) is 0.814. The predicted octanol–water partition coefficient (Wildman–Crippen LogP) is 1.62. The van der Waals surface area contributed by atoms with Crippen LogP contribution in [0.5, 0.6) is 0 Å². The van der Waals surface area contributed by atoms with Crippen molar-refractivity contribution in [1.29, 1.82) is 0 Å². The first-order chi connectivity index (χ1) is 9.59. The first-order valence-electron chi connectivity index (χ1n) is 6.31. The van der Waals surface area contributed by atoms with E-state index in [1.807, 2.05) is 31.3 Å². The van der Waals surface area contributed by atoms with Gasteiger partial charge in [0.25, 0.3) is 0 Å². The average molecular weight is 294 g/mol. The molecule has 20 heavy (non-hydrogen) atoms. The van der Waals surface area contributed by atoms with Gasteiger partial charge in [-0.05, 0) is 30.3 Å². The molecule has 6 heteroatoms. The van der Waals surface area contributed by atoms with E-state index in [1.54, 1.807) is 12.1 Å². The minimum absolute atomic E-state index is 0.0364. The van der Waals surface area contributed by atoms with Crippen LogP contribution in [0.1, 0.15) is 16.9 Å². The van der Waals surface area contributed by atoms with Gasteiger partial charge in [-0.3, -0.25) is 0 Å². The van der Waals surface area contributed by atoms with Crippen LogP contribution in [0.4, 0.5) is 0 Å². The lowest BCUT2D eigenvalue weighted by atomic mass is 10.1. The van der Waals surface area contributed by atoms with Gasteiger partial charge in [0.1, 0.15) is 5.76 Å². The van der Waals surface area contributed by atoms with Crippen molar-refractivity contribution in [3.05, 3.63) is 59.5 Å². The number of hydrogen-bond acceptors (Lipinski definition) is 4. The zero-order chi connectivity index (χ0) is 14.4. The normalized spacial score (nSPS) is 11.7. The highest BCUT2D eigenvalue weighted by Gasteiger charge is 2.12. The van der Waals surface area contributed by atoms with Crippen LogP contribution in [-0.4, -0.2) is 15.5 Å². The van der Waals surface area contributed by atoms with Gasteiger partial charge >= 0.3 is 0 Å². The van der Waals surface area contributed by atoms with Crippen LogP contribution in [0, 0.1) is 0 Å². The van der Waals surface area contributed by atoms with Crippen LogP contribution in [-0.2, 0) is 28.9 Å². The number of sulfonamides is 1. The molecule has 2 rings (SSSR count). The molecular formula is C14H18N2O3S. The van der Waals surface area contributed by atoms with Crippen molar-refractivity contribution in [3.63, 3.8) is 0 Å². The summed E-state index contributed by atoms with van der Waals surface area (Å²) in [6.45, 7) is 0.888. The van der Waals surface area contributed by atoms with Crippen molar-refractivity contribution < 1.29 is 12.8 Å². The Morgan fingerprint density at radius 2 is 1.90 bits per heavy atom. The second-order valence-electron chi connectivity index (χ2n) is 4.51. The molecule has 0 unspecified atom stereocenters. The number of furan rings is 1. The van der Waals surface area contributed by atoms with Crippen LogP contribution in [0.3, 0.4) is 0 Å². The van der Waals surface area contributed by atoms with E-state index >= 15 is 0 Å². The van der Waals surface area contributed by atoms with Gasteiger partial charge < -0.3 is 9.73 Å². The van der Waals surface area contributed by atoms with Crippen molar-refractivity contribution in [3.8, 4) is 0 Å². The summed E-state index contributed by atoms with van der Waals surface area (Å²) >= 11 is 0. The van der Waals surface area contributed by atoms with Crippen molar-refractivity contribution in [2.45, 2.75) is 18.8 Å². The molecule has 5 nitrogen and oxygen atoms in total. The summed E-state index contributed by atoms with van der Waals surface area (Å²) in [5, 5.41) is 3.04. The third kappa shape index (κ3) is 4.48. The van der Waals surface area contributed by atoms with Crippen molar-refractivity contribution in [2.24, 2.45) is 0 Å². The van der Waals surface area contributed by atoms with Crippen LogP contribution >= 0.6 is 0 Å². The smallest absolute Gasteiger partial charge is 0.216 e. The molecule has 0 amide bonds. The van der Waals surface area contributed by atoms with Crippen LogP contribution in [0.25, 0.3) is 0 Å². The molecule has 0 saturated heterocycles. The average Bonchev–Trinajstić information content (AvgIpc) is 2.90. The molecule has 0 spiro atoms. The van der Waals surface area contributed by atoms with Crippen LogP contribution in [0.15, 0.2) is 47.1 Å². The fraction of sp³-hybridized carbons (Fsp3) is 0.286. The number of hydrogen-bond donors (Lipinski definition) is 2. The van der Waals surface area contributed by atoms with Crippen LogP contribution in [0.2, 0.25) is 0 Å². The molecule has 1 aromatic heterocycles. The van der Waals surface area contributed by atoms with E-state index < -0.39 is 10.0 Å². The van der Waals surface area contributed by atoms with Gasteiger partial charge in [0.15, 0.2) is 0 Å². The van der Waals surface area contributed by atoms with Gasteiger partial charge in [-0.15, -0.1) is 0 Å². The van der Waals surface area contributed by atoms with E-state index in [2.05, 4.69) is 10.0 Å². The molecule has 0 saturated carbocycles. The van der Waals surface area contributed by atoms with Gasteiger partial charge in [0.2, 0.25) is 10.0 Å². The molecule has 0 aliphatic rings. The third-order valence-corrected chi connectivity index (χ3v) is 4.07. The van der Waals surface area contributed by atoms with Gasteiger partial charge in [-0.1, -0.05) is 24.3 Å². The third-order valence-electron chi connectivity index (χ3n) is 2.78. The Balaban J connectivity index is 1.98. The molecule has 0 radical (unpaired) electrons. The van der Waals surface area contributed by atoms with Crippen molar-refractivity contribution >= 4 is 10.0 Å². The predicted molar refractivity (Wildman–Crippen MR) is 77.4 cm³/mol. The molecule has 0 atom stereocenters. The topological polar surface area (TPSA) is 71.3 Å². The summed E-state index contributed by atoms with van der Waals surface area (Å²) < 4.78 is 31.6. The highest BCUT2D eigenvalue weighted by atomic mass is 32.2. The SMILES string of the molecule is CNCc1cccc(CS(=O)(=O)NCc2ccco2)c1. The molecule has 2 aromatic rings. The maximum Gasteiger partial charge on any atom is 0.216 e. The standard InChI is InChI=1S/C14H18N2O3S/c1-15-9-12-4-2-5-13(8-12)11-20(17,18)16-10-14-6-3-7-19-14/h2-8,15-16H,9-11H2,1H3. The molecule has 0 fully saturated rings. The maximum absolute atomic E-state index is 12.0. The second-order valence-corrected chi connectivity index (χ2v) is 6.32. The van der Waals surface area contributed by atoms with Crippen LogP contribution < -0.4 is 10.0 Å². The number of nitrogens with one attached hydrogen (secondary N) is 2. The molecule has 108 valence electrons. The summed E-state index contributed by atoms with van der Waals surface area (Å²) in [7, 11) is -1.52. The molecule has 0 aliphatic heterocycles. The Morgan fingerprint density at radius 1 is 1.10 bits per heavy atom. The lowest BCUT2D eigenvalue weighted by Crippen LogP contribution is -2.24. The van der Waals surface area contributed by atoms with E-state index in [9.17, 15) is 8.42 Å². The highest BCUT2D eigenvalue weighted by molar-refractivity contribution is 7.88. The highest BCUT2D eigenvalue weighted by Crippen LogP contribution is 2.09. The van der Waals surface area contributed by atoms with Gasteiger partial charge in [0.05, 0.1) is 18.6 Å². The largest absolute Gasteiger partial charge is 0.468 e. The summed E-state index contributed by atoms with van der Waals surface area (Å²) in [5.41, 5.74) is 1.83. The molecule has 1 heterocycles. The summed E-state index contributed by atoms with van der Waals surface area (Å²) in [5.74, 6) is 0.558. The molecule has 0 bridgehead atoms. The fourth-order valence-corrected chi connectivity index (χ4v) is 2.98. The monoisotopic (exact) mass is 294 g/mol. The van der Waals surface area contributed by atoms with Crippen molar-refractivity contribution in [2.75, 3.05) is 7.05 Å². The summed E-state index contributed by atoms with van der Waals surface area (Å²) in [6, 6.07) is 11.0. The Kier molecular flexibility index (Phi) is 4.94. The van der Waals surface area contributed by atoms with Gasteiger partial charge in [-0.25, -0.2) is 13.1 Å². The summed E-state index contributed by atoms with van der Waals surface area (Å²) in [6.07, 6.45) is 1.52. The molecule has 1 aromatic carbocycles.